The predicted octanol–water partition coefficient (Wildman–Crippen LogP) is 1.19. The van der Waals surface area contributed by atoms with Crippen LogP contribution in [0.2, 0.25) is 0 Å². The zero-order valence-corrected chi connectivity index (χ0v) is 11.0. The van der Waals surface area contributed by atoms with E-state index < -0.39 is 0 Å². The fourth-order valence-corrected chi connectivity index (χ4v) is 2.53. The molecule has 0 saturated heterocycles. The van der Waals surface area contributed by atoms with Gasteiger partial charge < -0.3 is 10.6 Å². The first-order valence-corrected chi connectivity index (χ1v) is 6.78. The van der Waals surface area contributed by atoms with Crippen LogP contribution in [0.5, 0.6) is 0 Å². The molecule has 0 radical (unpaired) electrons. The highest BCUT2D eigenvalue weighted by Gasteiger charge is 2.23. The van der Waals surface area contributed by atoms with Crippen LogP contribution >= 0.6 is 0 Å². The minimum atomic E-state index is 0.0575. The molecule has 0 aromatic carbocycles. The number of rotatable bonds is 6. The highest BCUT2D eigenvalue weighted by Crippen LogP contribution is 2.17. The van der Waals surface area contributed by atoms with Crippen molar-refractivity contribution in [1.29, 1.82) is 0 Å². The summed E-state index contributed by atoms with van der Waals surface area (Å²) in [5.41, 5.74) is 0. The number of quaternary nitrogens is 1. The fraction of sp³-hybridized carbons (Fsp3) is 0.923. The Morgan fingerprint density at radius 3 is 2.56 bits per heavy atom. The lowest BCUT2D eigenvalue weighted by molar-refractivity contribution is -0.704. The third-order valence-corrected chi connectivity index (χ3v) is 3.48. The van der Waals surface area contributed by atoms with Crippen molar-refractivity contribution in [3.05, 3.63) is 0 Å². The van der Waals surface area contributed by atoms with E-state index in [2.05, 4.69) is 24.5 Å². The Morgan fingerprint density at radius 1 is 1.38 bits per heavy atom. The second kappa shape index (κ2) is 6.89. The van der Waals surface area contributed by atoms with Crippen LogP contribution < -0.4 is 10.6 Å². The van der Waals surface area contributed by atoms with Crippen LogP contribution in [0.4, 0.5) is 0 Å². The summed E-state index contributed by atoms with van der Waals surface area (Å²) in [6.07, 6.45) is 7.26. The summed E-state index contributed by atoms with van der Waals surface area (Å²) in [4.78, 5) is 11.9. The van der Waals surface area contributed by atoms with Gasteiger partial charge in [0, 0.05) is 6.04 Å². The summed E-state index contributed by atoms with van der Waals surface area (Å²) in [6, 6.07) is 1.06. The molecule has 1 rings (SSSR count). The van der Waals surface area contributed by atoms with Gasteiger partial charge in [-0.05, 0) is 33.1 Å². The van der Waals surface area contributed by atoms with Gasteiger partial charge in [-0.15, -0.1) is 0 Å². The Morgan fingerprint density at radius 2 is 2.00 bits per heavy atom. The van der Waals surface area contributed by atoms with Crippen molar-refractivity contribution in [2.75, 3.05) is 0 Å². The Bertz CT molecular complexity index is 212. The second-order valence-electron chi connectivity index (χ2n) is 5.24. The van der Waals surface area contributed by atoms with Gasteiger partial charge in [-0.25, -0.2) is 0 Å². The number of nitrogens with two attached hydrogens (primary N) is 1. The van der Waals surface area contributed by atoms with Crippen LogP contribution in [-0.4, -0.2) is 24.0 Å². The van der Waals surface area contributed by atoms with E-state index in [-0.39, 0.29) is 11.9 Å². The normalized spacial score (nSPS) is 20.7. The lowest BCUT2D eigenvalue weighted by Crippen LogP contribution is -2.96. The van der Waals surface area contributed by atoms with E-state index in [1.165, 1.54) is 38.5 Å². The smallest absolute Gasteiger partial charge is 0.278 e. The molecule has 0 spiro atoms. The van der Waals surface area contributed by atoms with Crippen LogP contribution in [0.15, 0.2) is 0 Å². The zero-order chi connectivity index (χ0) is 12.0. The summed E-state index contributed by atoms with van der Waals surface area (Å²) in [5, 5.41) is 5.34. The van der Waals surface area contributed by atoms with E-state index in [0.717, 1.165) is 0 Å². The van der Waals surface area contributed by atoms with Gasteiger partial charge in [-0.1, -0.05) is 26.2 Å². The van der Waals surface area contributed by atoms with Crippen LogP contribution in [0.1, 0.15) is 59.3 Å². The van der Waals surface area contributed by atoms with Gasteiger partial charge in [0.15, 0.2) is 6.04 Å². The summed E-state index contributed by atoms with van der Waals surface area (Å²) < 4.78 is 0. The molecular weight excluding hydrogens is 200 g/mol. The molecule has 0 aliphatic heterocycles. The quantitative estimate of drug-likeness (QED) is 0.703. The largest absolute Gasteiger partial charge is 0.348 e. The standard InChI is InChI=1S/C13H26N2O/c1-4-7-10(2)14-11(3)13(16)15-12-8-5-6-9-12/h10-12,14H,4-9H2,1-3H3,(H,15,16)/p+1/t10-,11-/m0/s1. The lowest BCUT2D eigenvalue weighted by Gasteiger charge is -2.18. The van der Waals surface area contributed by atoms with Crippen molar-refractivity contribution in [3.8, 4) is 0 Å². The Labute approximate surface area is 99.4 Å². The lowest BCUT2D eigenvalue weighted by atomic mass is 10.1. The number of nitrogens with one attached hydrogen (secondary N) is 1. The molecule has 1 saturated carbocycles. The number of carbonyl (C=O) groups is 1. The van der Waals surface area contributed by atoms with Crippen LogP contribution in [0.25, 0.3) is 0 Å². The first-order valence-electron chi connectivity index (χ1n) is 6.78. The molecule has 0 unspecified atom stereocenters. The Balaban J connectivity index is 2.23. The van der Waals surface area contributed by atoms with Gasteiger partial charge in [0.25, 0.3) is 5.91 Å². The average Bonchev–Trinajstić information content (AvgIpc) is 2.70. The van der Waals surface area contributed by atoms with Crippen LogP contribution in [-0.2, 0) is 4.79 Å². The summed E-state index contributed by atoms with van der Waals surface area (Å²) in [6.45, 7) is 6.40. The van der Waals surface area contributed by atoms with Gasteiger partial charge in [-0.3, -0.25) is 4.79 Å². The molecule has 1 amide bonds. The molecule has 1 fully saturated rings. The molecule has 1 aliphatic rings. The molecule has 0 aromatic rings. The maximum Gasteiger partial charge on any atom is 0.278 e. The minimum absolute atomic E-state index is 0.0575. The average molecular weight is 227 g/mol. The van der Waals surface area contributed by atoms with E-state index in [0.29, 0.717) is 12.1 Å². The van der Waals surface area contributed by atoms with Crippen molar-refractivity contribution in [2.45, 2.75) is 77.4 Å². The highest BCUT2D eigenvalue weighted by molar-refractivity contribution is 5.80. The molecule has 94 valence electrons. The van der Waals surface area contributed by atoms with E-state index in [9.17, 15) is 4.79 Å². The fourth-order valence-electron chi connectivity index (χ4n) is 2.53. The molecule has 0 heterocycles. The van der Waals surface area contributed by atoms with Crippen LogP contribution in [0, 0.1) is 0 Å². The Kier molecular flexibility index (Phi) is 5.81. The highest BCUT2D eigenvalue weighted by atomic mass is 16.2. The van der Waals surface area contributed by atoms with Crippen molar-refractivity contribution in [3.63, 3.8) is 0 Å². The maximum atomic E-state index is 11.9. The molecule has 3 N–H and O–H groups in total. The summed E-state index contributed by atoms with van der Waals surface area (Å²) >= 11 is 0. The first-order chi connectivity index (χ1) is 7.63. The zero-order valence-electron chi connectivity index (χ0n) is 11.0. The van der Waals surface area contributed by atoms with Gasteiger partial charge in [0.1, 0.15) is 0 Å². The van der Waals surface area contributed by atoms with E-state index in [1.54, 1.807) is 0 Å². The molecule has 3 heteroatoms. The van der Waals surface area contributed by atoms with Crippen molar-refractivity contribution < 1.29 is 10.1 Å². The minimum Gasteiger partial charge on any atom is -0.348 e. The van der Waals surface area contributed by atoms with Crippen molar-refractivity contribution in [1.82, 2.24) is 5.32 Å². The topological polar surface area (TPSA) is 45.7 Å². The number of carbonyl (C=O) groups excluding carboxylic acids is 1. The summed E-state index contributed by atoms with van der Waals surface area (Å²) in [7, 11) is 0. The van der Waals surface area contributed by atoms with Crippen molar-refractivity contribution in [2.24, 2.45) is 0 Å². The monoisotopic (exact) mass is 227 g/mol. The molecule has 2 atom stereocenters. The van der Waals surface area contributed by atoms with E-state index in [1.807, 2.05) is 6.92 Å². The third kappa shape index (κ3) is 4.52. The third-order valence-electron chi connectivity index (χ3n) is 3.48. The second-order valence-corrected chi connectivity index (χ2v) is 5.24. The number of amides is 1. The van der Waals surface area contributed by atoms with Crippen molar-refractivity contribution >= 4 is 5.91 Å². The Hall–Kier alpha value is -0.570. The molecule has 1 aliphatic carbocycles. The molecule has 16 heavy (non-hydrogen) atoms. The first kappa shape index (κ1) is 13.5. The summed E-state index contributed by atoms with van der Waals surface area (Å²) in [5.74, 6) is 0.217. The van der Waals surface area contributed by atoms with Crippen LogP contribution in [0.3, 0.4) is 0 Å². The van der Waals surface area contributed by atoms with Gasteiger partial charge in [-0.2, -0.15) is 0 Å². The van der Waals surface area contributed by atoms with E-state index in [4.69, 9.17) is 0 Å². The molecular formula is C13H27N2O+. The van der Waals surface area contributed by atoms with E-state index >= 15 is 0 Å². The SMILES string of the molecule is CCC[C@H](C)[NH2+][C@@H](C)C(=O)NC1CCCC1. The van der Waals surface area contributed by atoms with Gasteiger partial charge >= 0.3 is 0 Å². The molecule has 0 aromatic heterocycles. The molecule has 0 bridgehead atoms. The van der Waals surface area contributed by atoms with Gasteiger partial charge in [0.05, 0.1) is 6.04 Å². The number of hydrogen-bond acceptors (Lipinski definition) is 1. The maximum absolute atomic E-state index is 11.9. The predicted molar refractivity (Wildman–Crippen MR) is 66.2 cm³/mol. The molecule has 3 nitrogen and oxygen atoms in total. The number of hydrogen-bond donors (Lipinski definition) is 2. The van der Waals surface area contributed by atoms with Gasteiger partial charge in [0.2, 0.25) is 0 Å².